The van der Waals surface area contributed by atoms with E-state index in [1.165, 1.54) is 0 Å². The molecule has 0 saturated carbocycles. The van der Waals surface area contributed by atoms with Gasteiger partial charge in [-0.3, -0.25) is 9.59 Å². The van der Waals surface area contributed by atoms with Gasteiger partial charge < -0.3 is 19.7 Å². The van der Waals surface area contributed by atoms with Crippen LogP contribution in [-0.4, -0.2) is 30.4 Å². The summed E-state index contributed by atoms with van der Waals surface area (Å²) in [6.07, 6.45) is 11.0. The van der Waals surface area contributed by atoms with Crippen LogP contribution in [0.4, 0.5) is 0 Å². The van der Waals surface area contributed by atoms with E-state index in [4.69, 9.17) is 9.47 Å². The number of fused-ring (bicyclic) bond motifs is 1. The van der Waals surface area contributed by atoms with Crippen LogP contribution in [0.2, 0.25) is 0 Å². The lowest BCUT2D eigenvalue weighted by Gasteiger charge is -2.21. The van der Waals surface area contributed by atoms with E-state index in [2.05, 4.69) is 5.32 Å². The zero-order valence-corrected chi connectivity index (χ0v) is 13.0. The molecule has 1 aromatic rings. The Kier molecular flexibility index (Phi) is 4.96. The highest BCUT2D eigenvalue weighted by Gasteiger charge is 2.17. The van der Waals surface area contributed by atoms with Gasteiger partial charge in [0.25, 0.3) is 5.91 Å². The van der Waals surface area contributed by atoms with E-state index in [-0.39, 0.29) is 19.1 Å². The van der Waals surface area contributed by atoms with E-state index in [0.29, 0.717) is 30.3 Å². The number of nitrogens with zero attached hydrogens (tertiary/aromatic N) is 1. The molecule has 2 heterocycles. The molecule has 0 aliphatic carbocycles. The third-order valence-corrected chi connectivity index (χ3v) is 3.63. The van der Waals surface area contributed by atoms with E-state index in [1.54, 1.807) is 23.3 Å². The number of amides is 1. The molecular weight excluding hydrogens is 308 g/mol. The molecule has 6 heteroatoms. The van der Waals surface area contributed by atoms with Crippen LogP contribution in [0.5, 0.6) is 11.5 Å². The van der Waals surface area contributed by atoms with Crippen LogP contribution in [0.25, 0.3) is 0 Å². The molecule has 123 valence electrons. The van der Waals surface area contributed by atoms with Gasteiger partial charge in [-0.2, -0.15) is 0 Å². The highest BCUT2D eigenvalue weighted by atomic mass is 16.7. The molecule has 0 spiro atoms. The maximum Gasteiger partial charge on any atom is 0.268 e. The third-order valence-electron chi connectivity index (χ3n) is 3.63. The van der Waals surface area contributed by atoms with Crippen molar-refractivity contribution in [3.8, 4) is 11.5 Å². The van der Waals surface area contributed by atoms with Gasteiger partial charge in [0, 0.05) is 25.7 Å². The fraction of sp³-hybridized carbons (Fsp3) is 0.222. The minimum absolute atomic E-state index is 0.213. The highest BCUT2D eigenvalue weighted by molar-refractivity contribution is 5.93. The smallest absolute Gasteiger partial charge is 0.268 e. The summed E-state index contributed by atoms with van der Waals surface area (Å²) in [5.74, 6) is 1.18. The number of hydrogen-bond acceptors (Lipinski definition) is 5. The Morgan fingerprint density at radius 2 is 2.08 bits per heavy atom. The van der Waals surface area contributed by atoms with Crippen molar-refractivity contribution in [3.05, 3.63) is 60.0 Å². The van der Waals surface area contributed by atoms with Gasteiger partial charge >= 0.3 is 0 Å². The maximum atomic E-state index is 12.5. The summed E-state index contributed by atoms with van der Waals surface area (Å²) in [5, 5.41) is 2.88. The van der Waals surface area contributed by atoms with Crippen molar-refractivity contribution in [3.63, 3.8) is 0 Å². The fourth-order valence-electron chi connectivity index (χ4n) is 2.43. The third kappa shape index (κ3) is 3.65. The van der Waals surface area contributed by atoms with E-state index >= 15 is 0 Å². The number of ether oxygens (including phenoxy) is 2. The first kappa shape index (κ1) is 15.9. The van der Waals surface area contributed by atoms with Crippen LogP contribution in [0.15, 0.2) is 54.4 Å². The first-order chi connectivity index (χ1) is 11.8. The Balaban J connectivity index is 1.64. The molecule has 1 N–H and O–H groups in total. The number of nitrogens with one attached hydrogen (secondary N) is 1. The normalized spacial score (nSPS) is 15.0. The van der Waals surface area contributed by atoms with Crippen molar-refractivity contribution < 1.29 is 19.1 Å². The topological polar surface area (TPSA) is 67.9 Å². The lowest BCUT2D eigenvalue weighted by Crippen LogP contribution is -2.32. The van der Waals surface area contributed by atoms with E-state index in [9.17, 15) is 9.59 Å². The van der Waals surface area contributed by atoms with Gasteiger partial charge in [-0.1, -0.05) is 18.2 Å². The molecule has 24 heavy (non-hydrogen) atoms. The first-order valence-electron chi connectivity index (χ1n) is 7.61. The molecule has 0 saturated heterocycles. The van der Waals surface area contributed by atoms with Gasteiger partial charge in [-0.15, -0.1) is 0 Å². The van der Waals surface area contributed by atoms with Crippen molar-refractivity contribution in [2.45, 2.75) is 13.0 Å². The lowest BCUT2D eigenvalue weighted by atomic mass is 10.2. The second kappa shape index (κ2) is 7.50. The predicted molar refractivity (Wildman–Crippen MR) is 87.8 cm³/mol. The van der Waals surface area contributed by atoms with Crippen molar-refractivity contribution in [2.75, 3.05) is 13.3 Å². The molecule has 0 fully saturated rings. The summed E-state index contributed by atoms with van der Waals surface area (Å²) in [5.41, 5.74) is 1.40. The average molecular weight is 325 g/mol. The monoisotopic (exact) mass is 325 g/mol. The summed E-state index contributed by atoms with van der Waals surface area (Å²) < 4.78 is 10.6. The van der Waals surface area contributed by atoms with Gasteiger partial charge in [0.15, 0.2) is 17.8 Å². The standard InChI is InChI=1S/C18H17N2O4/c21-10-4-9-20-8-3-1-2-5-15(20)18(22)19-12-14-6-7-16-17(11-14)24-13-23-16/h1-3,5-8,11H,4,9,12-13H2,(H,19,22). The number of benzene rings is 1. The minimum Gasteiger partial charge on any atom is -0.454 e. The Morgan fingerprint density at radius 1 is 1.21 bits per heavy atom. The quantitative estimate of drug-likeness (QED) is 0.864. The zero-order chi connectivity index (χ0) is 16.8. The van der Waals surface area contributed by atoms with Gasteiger partial charge in [-0.25, -0.2) is 0 Å². The van der Waals surface area contributed by atoms with Crippen LogP contribution >= 0.6 is 0 Å². The Morgan fingerprint density at radius 3 is 2.96 bits per heavy atom. The Bertz CT molecular complexity index is 722. The lowest BCUT2D eigenvalue weighted by molar-refractivity contribution is -0.118. The second-order valence-corrected chi connectivity index (χ2v) is 5.24. The van der Waals surface area contributed by atoms with Crippen molar-refractivity contribution in [1.29, 1.82) is 0 Å². The zero-order valence-electron chi connectivity index (χ0n) is 13.0. The average Bonchev–Trinajstić information content (AvgIpc) is 2.94. The van der Waals surface area contributed by atoms with Crippen LogP contribution in [-0.2, 0) is 16.1 Å². The van der Waals surface area contributed by atoms with Gasteiger partial charge in [0.05, 0.1) is 0 Å². The van der Waals surface area contributed by atoms with Gasteiger partial charge in [0.1, 0.15) is 5.70 Å². The second-order valence-electron chi connectivity index (χ2n) is 5.24. The van der Waals surface area contributed by atoms with Crippen molar-refractivity contribution in [2.24, 2.45) is 0 Å². The molecule has 1 amide bonds. The molecule has 2 aliphatic heterocycles. The van der Waals surface area contributed by atoms with E-state index in [1.807, 2.05) is 36.6 Å². The molecule has 1 radical (unpaired) electrons. The number of rotatable bonds is 6. The van der Waals surface area contributed by atoms with E-state index in [0.717, 1.165) is 5.56 Å². The Labute approximate surface area is 140 Å². The molecule has 2 aliphatic rings. The Hall–Kier alpha value is -3.02. The molecule has 0 aromatic heterocycles. The summed E-state index contributed by atoms with van der Waals surface area (Å²) in [6.45, 7) is 0.998. The van der Waals surface area contributed by atoms with E-state index < -0.39 is 0 Å². The molecule has 0 bridgehead atoms. The number of hydrogen-bond donors (Lipinski definition) is 1. The summed E-state index contributed by atoms with van der Waals surface area (Å²) in [4.78, 5) is 24.7. The first-order valence-corrected chi connectivity index (χ1v) is 7.61. The maximum absolute atomic E-state index is 12.5. The number of carbonyl (C=O) groups is 1. The van der Waals surface area contributed by atoms with Crippen molar-refractivity contribution in [1.82, 2.24) is 10.2 Å². The molecule has 0 atom stereocenters. The number of carbonyl (C=O) groups excluding carboxylic acids is 2. The SMILES string of the molecule is O=[C]CCN1C=CC=CC=C1C(=O)NCc1ccc2c(c1)OCO2. The molecule has 3 rings (SSSR count). The molecule has 1 aromatic carbocycles. The highest BCUT2D eigenvalue weighted by Crippen LogP contribution is 2.32. The van der Waals surface area contributed by atoms with Crippen LogP contribution < -0.4 is 14.8 Å². The summed E-state index contributed by atoms with van der Waals surface area (Å²) >= 11 is 0. The predicted octanol–water partition coefficient (Wildman–Crippen LogP) is 1.80. The van der Waals surface area contributed by atoms with Crippen LogP contribution in [0.3, 0.4) is 0 Å². The summed E-state index contributed by atoms with van der Waals surface area (Å²) in [6, 6.07) is 5.56. The van der Waals surface area contributed by atoms with Gasteiger partial charge in [-0.05, 0) is 29.8 Å². The summed E-state index contributed by atoms with van der Waals surface area (Å²) in [7, 11) is 0. The largest absolute Gasteiger partial charge is 0.454 e. The molecular formula is C18H17N2O4. The van der Waals surface area contributed by atoms with Gasteiger partial charge in [0.2, 0.25) is 6.79 Å². The minimum atomic E-state index is -0.213. The molecule has 0 unspecified atom stereocenters. The number of allylic oxidation sites excluding steroid dienone is 4. The van der Waals surface area contributed by atoms with Crippen LogP contribution in [0.1, 0.15) is 12.0 Å². The fourth-order valence-corrected chi connectivity index (χ4v) is 2.43. The molecule has 6 nitrogen and oxygen atoms in total. The van der Waals surface area contributed by atoms with Crippen LogP contribution in [0, 0.1) is 0 Å². The van der Waals surface area contributed by atoms with Crippen molar-refractivity contribution >= 4 is 12.2 Å².